The highest BCUT2D eigenvalue weighted by atomic mass is 19.1. The summed E-state index contributed by atoms with van der Waals surface area (Å²) < 4.78 is 25.3. The minimum absolute atomic E-state index is 0.139. The van der Waals surface area contributed by atoms with Crippen molar-refractivity contribution in [2.24, 2.45) is 0 Å². The molecular weight excluding hydrogens is 150 g/mol. The Balaban J connectivity index is 3.40. The fourth-order valence-corrected chi connectivity index (χ4v) is 0.724. The van der Waals surface area contributed by atoms with Crippen LogP contribution in [0.15, 0.2) is 12.1 Å². The van der Waals surface area contributed by atoms with Gasteiger partial charge in [0.25, 0.3) is 0 Å². The number of benzene rings is 1. The highest BCUT2D eigenvalue weighted by molar-refractivity contribution is 5.47. The van der Waals surface area contributed by atoms with Crippen molar-refractivity contribution in [1.29, 1.82) is 5.39 Å². The van der Waals surface area contributed by atoms with Crippen LogP contribution in [-0.2, 0) is 0 Å². The third-order valence-electron chi connectivity index (χ3n) is 1.41. The predicted molar refractivity (Wildman–Crippen MR) is 35.8 cm³/mol. The molecule has 0 amide bonds. The van der Waals surface area contributed by atoms with E-state index in [0.717, 1.165) is 12.1 Å². The van der Waals surface area contributed by atoms with Gasteiger partial charge in [0.1, 0.15) is 5.82 Å². The Morgan fingerprint density at radius 1 is 1.36 bits per heavy atom. The normalized spacial score (nSPS) is 9.27. The number of hydrogen-bond acceptors (Lipinski definition) is 1. The Hall–Kier alpha value is -1.50. The van der Waals surface area contributed by atoms with Crippen LogP contribution in [0.3, 0.4) is 0 Å². The largest absolute Gasteiger partial charge is 0.420 e. The molecule has 1 aromatic rings. The molecule has 0 aliphatic carbocycles. The van der Waals surface area contributed by atoms with E-state index in [0.29, 0.717) is 0 Å². The van der Waals surface area contributed by atoms with E-state index < -0.39 is 11.6 Å². The lowest BCUT2D eigenvalue weighted by molar-refractivity contribution is 0.571. The lowest BCUT2D eigenvalue weighted by atomic mass is 10.2. The molecule has 0 N–H and O–H groups in total. The molecule has 0 atom stereocenters. The van der Waals surface area contributed by atoms with Crippen LogP contribution in [0.2, 0.25) is 0 Å². The van der Waals surface area contributed by atoms with E-state index in [4.69, 9.17) is 5.39 Å². The Labute approximate surface area is 62.1 Å². The van der Waals surface area contributed by atoms with Gasteiger partial charge in [-0.2, -0.15) is 4.39 Å². The van der Waals surface area contributed by atoms with Crippen molar-refractivity contribution in [3.8, 4) is 0 Å². The van der Waals surface area contributed by atoms with E-state index in [1.165, 1.54) is 6.92 Å². The van der Waals surface area contributed by atoms with Crippen molar-refractivity contribution in [3.63, 3.8) is 0 Å². The molecule has 2 nitrogen and oxygen atoms in total. The molecule has 1 rings (SSSR count). The van der Waals surface area contributed by atoms with Crippen molar-refractivity contribution in [3.05, 3.63) is 34.3 Å². The number of nitrogens with zero attached hydrogens (tertiary/aromatic N) is 2. The maximum atomic E-state index is 12.8. The fourth-order valence-electron chi connectivity index (χ4n) is 0.724. The molecule has 0 saturated carbocycles. The summed E-state index contributed by atoms with van der Waals surface area (Å²) in [4.78, 5) is 2.63. The minimum Gasteiger partial charge on any atom is -0.207 e. The quantitative estimate of drug-likeness (QED) is 0.529. The van der Waals surface area contributed by atoms with Gasteiger partial charge >= 0.3 is 5.69 Å². The Morgan fingerprint density at radius 3 is 2.55 bits per heavy atom. The summed E-state index contributed by atoms with van der Waals surface area (Å²) in [5, 5.41) is 8.20. The summed E-state index contributed by atoms with van der Waals surface area (Å²) in [6.07, 6.45) is 0. The zero-order valence-corrected chi connectivity index (χ0v) is 5.81. The summed E-state index contributed by atoms with van der Waals surface area (Å²) >= 11 is 0. The van der Waals surface area contributed by atoms with Gasteiger partial charge in [0.15, 0.2) is 4.98 Å². The Kier molecular flexibility index (Phi) is 1.81. The highest BCUT2D eigenvalue weighted by Gasteiger charge is 2.17. The summed E-state index contributed by atoms with van der Waals surface area (Å²) in [6.45, 7) is 1.28. The van der Waals surface area contributed by atoms with Crippen LogP contribution >= 0.6 is 0 Å². The van der Waals surface area contributed by atoms with Gasteiger partial charge in [-0.05, 0) is 13.0 Å². The molecule has 0 aliphatic heterocycles. The van der Waals surface area contributed by atoms with Gasteiger partial charge in [-0.25, -0.2) is 4.39 Å². The summed E-state index contributed by atoms with van der Waals surface area (Å²) in [5.74, 6) is -1.47. The summed E-state index contributed by atoms with van der Waals surface area (Å²) in [5.41, 5.74) is -0.385. The summed E-state index contributed by atoms with van der Waals surface area (Å²) in [6, 6.07) is 2.12. The SMILES string of the molecule is Cc1c(F)ccc([N+]#N)c1F. The van der Waals surface area contributed by atoms with Crippen LogP contribution in [0.4, 0.5) is 14.5 Å². The first-order valence-corrected chi connectivity index (χ1v) is 2.96. The van der Waals surface area contributed by atoms with Crippen molar-refractivity contribution >= 4 is 5.69 Å². The second-order valence-corrected chi connectivity index (χ2v) is 2.11. The Bertz CT molecular complexity index is 328. The fraction of sp³-hybridized carbons (Fsp3) is 0.143. The molecule has 11 heavy (non-hydrogen) atoms. The zero-order valence-electron chi connectivity index (χ0n) is 5.81. The molecule has 4 heteroatoms. The van der Waals surface area contributed by atoms with E-state index in [1.807, 2.05) is 0 Å². The lowest BCUT2D eigenvalue weighted by Gasteiger charge is -1.92. The van der Waals surface area contributed by atoms with Crippen LogP contribution < -0.4 is 0 Å². The van der Waals surface area contributed by atoms with Crippen LogP contribution in [-0.4, -0.2) is 0 Å². The third-order valence-corrected chi connectivity index (χ3v) is 1.41. The zero-order chi connectivity index (χ0) is 8.43. The molecule has 0 unspecified atom stereocenters. The second-order valence-electron chi connectivity index (χ2n) is 2.11. The number of diazo groups is 1. The van der Waals surface area contributed by atoms with Gasteiger partial charge in [0, 0.05) is 11.6 Å². The van der Waals surface area contributed by atoms with Gasteiger partial charge < -0.3 is 0 Å². The van der Waals surface area contributed by atoms with Crippen molar-refractivity contribution < 1.29 is 8.78 Å². The van der Waals surface area contributed by atoms with Gasteiger partial charge in [-0.1, -0.05) is 0 Å². The topological polar surface area (TPSA) is 28.1 Å². The van der Waals surface area contributed by atoms with Crippen molar-refractivity contribution in [2.75, 3.05) is 0 Å². The van der Waals surface area contributed by atoms with Crippen LogP contribution in [0, 0.1) is 24.0 Å². The van der Waals surface area contributed by atoms with Crippen LogP contribution in [0.5, 0.6) is 0 Å². The van der Waals surface area contributed by atoms with E-state index in [2.05, 4.69) is 4.98 Å². The average molecular weight is 155 g/mol. The molecule has 0 aliphatic rings. The second kappa shape index (κ2) is 2.62. The van der Waals surface area contributed by atoms with E-state index >= 15 is 0 Å². The van der Waals surface area contributed by atoms with Crippen LogP contribution in [0.25, 0.3) is 4.98 Å². The number of hydrogen-bond donors (Lipinski definition) is 0. The molecule has 0 spiro atoms. The van der Waals surface area contributed by atoms with Crippen molar-refractivity contribution in [1.82, 2.24) is 0 Å². The van der Waals surface area contributed by atoms with E-state index in [-0.39, 0.29) is 11.3 Å². The smallest absolute Gasteiger partial charge is 0.207 e. The van der Waals surface area contributed by atoms with Gasteiger partial charge in [-0.15, -0.1) is 0 Å². The van der Waals surface area contributed by atoms with Crippen molar-refractivity contribution in [2.45, 2.75) is 6.92 Å². The standard InChI is InChI=1S/C7H5F2N2/c1-4-5(8)2-3-6(11-10)7(4)9/h2-3H,1H3/q+1. The molecular formula is C7H5F2N2+. The van der Waals surface area contributed by atoms with Gasteiger partial charge in [-0.3, -0.25) is 0 Å². The number of halogens is 2. The number of rotatable bonds is 0. The molecule has 0 radical (unpaired) electrons. The van der Waals surface area contributed by atoms with Gasteiger partial charge in [0.05, 0.1) is 0 Å². The van der Waals surface area contributed by atoms with Crippen LogP contribution in [0.1, 0.15) is 5.56 Å². The first-order chi connectivity index (χ1) is 5.16. The lowest BCUT2D eigenvalue weighted by Crippen LogP contribution is -1.86. The molecule has 1 aromatic carbocycles. The molecule has 0 fully saturated rings. The third kappa shape index (κ3) is 1.17. The first kappa shape index (κ1) is 7.61. The Morgan fingerprint density at radius 2 is 2.00 bits per heavy atom. The molecule has 0 aromatic heterocycles. The van der Waals surface area contributed by atoms with E-state index in [1.54, 1.807) is 0 Å². The highest BCUT2D eigenvalue weighted by Crippen LogP contribution is 2.22. The van der Waals surface area contributed by atoms with E-state index in [9.17, 15) is 8.78 Å². The molecule has 0 bridgehead atoms. The molecule has 0 saturated heterocycles. The summed E-state index contributed by atoms with van der Waals surface area (Å²) in [7, 11) is 0. The monoisotopic (exact) mass is 155 g/mol. The molecule has 0 heterocycles. The minimum atomic E-state index is -0.826. The molecule has 56 valence electrons. The average Bonchev–Trinajstić information content (AvgIpc) is 2.01. The predicted octanol–water partition coefficient (Wildman–Crippen LogP) is 2.76. The maximum Gasteiger partial charge on any atom is 0.420 e. The first-order valence-electron chi connectivity index (χ1n) is 2.96. The van der Waals surface area contributed by atoms with Gasteiger partial charge in [0.2, 0.25) is 11.2 Å². The maximum absolute atomic E-state index is 12.8.